The molecule has 0 aliphatic rings. The zero-order valence-electron chi connectivity index (χ0n) is 17.2. The van der Waals surface area contributed by atoms with Gasteiger partial charge < -0.3 is 9.88 Å². The van der Waals surface area contributed by atoms with Crippen LogP contribution in [0, 0.1) is 6.92 Å². The van der Waals surface area contributed by atoms with Gasteiger partial charge in [0, 0.05) is 30.9 Å². The Morgan fingerprint density at radius 2 is 1.77 bits per heavy atom. The molecule has 1 aromatic heterocycles. The summed E-state index contributed by atoms with van der Waals surface area (Å²) in [5.74, 6) is 0.518. The van der Waals surface area contributed by atoms with Crippen LogP contribution in [0.4, 0.5) is 5.69 Å². The first-order valence-corrected chi connectivity index (χ1v) is 9.67. The van der Waals surface area contributed by atoms with Crippen molar-refractivity contribution >= 4 is 28.8 Å². The monoisotopic (exact) mass is 397 g/mol. The van der Waals surface area contributed by atoms with Crippen molar-refractivity contribution in [3.05, 3.63) is 83.4 Å². The highest BCUT2D eigenvalue weighted by molar-refractivity contribution is 5.95. The van der Waals surface area contributed by atoms with E-state index in [0.717, 1.165) is 33.7 Å². The molecule has 4 aromatic rings. The van der Waals surface area contributed by atoms with Crippen LogP contribution in [0.15, 0.2) is 71.8 Å². The molecule has 6 nitrogen and oxygen atoms in total. The third-order valence-electron chi connectivity index (χ3n) is 4.85. The number of amides is 1. The third-order valence-corrected chi connectivity index (χ3v) is 4.85. The zero-order valence-corrected chi connectivity index (χ0v) is 17.2. The van der Waals surface area contributed by atoms with Gasteiger partial charge in [-0.15, -0.1) is 0 Å². The fourth-order valence-corrected chi connectivity index (χ4v) is 3.13. The van der Waals surface area contributed by atoms with Crippen molar-refractivity contribution in [1.82, 2.24) is 15.4 Å². The summed E-state index contributed by atoms with van der Waals surface area (Å²) in [7, 11) is 3.98. The SMILES string of the molecule is Cc1ccc2nc(-c3ccc(C(=O)N/N=C/c4ccc(N(C)C)cc4)cc3)[nH]c2c1. The molecule has 3 aromatic carbocycles. The molecule has 1 heterocycles. The van der Waals surface area contributed by atoms with Gasteiger partial charge in [-0.05, 0) is 54.4 Å². The third kappa shape index (κ3) is 4.22. The average molecular weight is 397 g/mol. The first-order valence-electron chi connectivity index (χ1n) is 9.67. The Kier molecular flexibility index (Phi) is 5.30. The lowest BCUT2D eigenvalue weighted by molar-refractivity contribution is 0.0955. The lowest BCUT2D eigenvalue weighted by atomic mass is 10.1. The summed E-state index contributed by atoms with van der Waals surface area (Å²) in [5.41, 5.74) is 9.14. The predicted molar refractivity (Wildman–Crippen MR) is 122 cm³/mol. The standard InChI is InChI=1S/C24H23N5O/c1-16-4-13-21-22(14-16)27-23(26-21)18-7-9-19(10-8-18)24(30)28-25-15-17-5-11-20(12-6-17)29(2)3/h4-15H,1-3H3,(H,26,27)(H,28,30)/b25-15+. The van der Waals surface area contributed by atoms with E-state index in [2.05, 4.69) is 33.5 Å². The summed E-state index contributed by atoms with van der Waals surface area (Å²) < 4.78 is 0. The first-order chi connectivity index (χ1) is 14.5. The van der Waals surface area contributed by atoms with Crippen molar-refractivity contribution in [3.8, 4) is 11.4 Å². The smallest absolute Gasteiger partial charge is 0.271 e. The maximum absolute atomic E-state index is 12.3. The van der Waals surface area contributed by atoms with Crippen LogP contribution in [0.25, 0.3) is 22.4 Å². The molecule has 0 saturated carbocycles. The van der Waals surface area contributed by atoms with Crippen molar-refractivity contribution in [2.24, 2.45) is 5.10 Å². The number of anilines is 1. The van der Waals surface area contributed by atoms with Gasteiger partial charge in [-0.25, -0.2) is 10.4 Å². The molecule has 0 fully saturated rings. The molecular formula is C24H23N5O. The fraction of sp³-hybridized carbons (Fsp3) is 0.125. The maximum atomic E-state index is 12.3. The second kappa shape index (κ2) is 8.21. The minimum atomic E-state index is -0.261. The lowest BCUT2D eigenvalue weighted by Crippen LogP contribution is -2.17. The Morgan fingerprint density at radius 3 is 2.47 bits per heavy atom. The van der Waals surface area contributed by atoms with Crippen LogP contribution in [0.1, 0.15) is 21.5 Å². The number of rotatable bonds is 5. The number of hydrazone groups is 1. The summed E-state index contributed by atoms with van der Waals surface area (Å²) in [5, 5.41) is 4.05. The number of aromatic nitrogens is 2. The van der Waals surface area contributed by atoms with E-state index < -0.39 is 0 Å². The van der Waals surface area contributed by atoms with E-state index in [0.29, 0.717) is 5.56 Å². The van der Waals surface area contributed by atoms with E-state index in [9.17, 15) is 4.79 Å². The number of hydrogen-bond donors (Lipinski definition) is 2. The number of nitrogens with zero attached hydrogens (tertiary/aromatic N) is 3. The fourth-order valence-electron chi connectivity index (χ4n) is 3.13. The minimum Gasteiger partial charge on any atom is -0.378 e. The molecule has 0 unspecified atom stereocenters. The maximum Gasteiger partial charge on any atom is 0.271 e. The highest BCUT2D eigenvalue weighted by Crippen LogP contribution is 2.21. The zero-order chi connectivity index (χ0) is 21.1. The summed E-state index contributed by atoms with van der Waals surface area (Å²) in [6.45, 7) is 2.05. The Morgan fingerprint density at radius 1 is 1.03 bits per heavy atom. The van der Waals surface area contributed by atoms with Gasteiger partial charge in [0.05, 0.1) is 17.2 Å². The number of imidazole rings is 1. The van der Waals surface area contributed by atoms with Crippen LogP contribution in [-0.2, 0) is 0 Å². The van der Waals surface area contributed by atoms with Crippen LogP contribution < -0.4 is 10.3 Å². The molecule has 0 atom stereocenters. The number of carbonyl (C=O) groups excluding carboxylic acids is 1. The highest BCUT2D eigenvalue weighted by Gasteiger charge is 2.08. The van der Waals surface area contributed by atoms with Gasteiger partial charge in [0.1, 0.15) is 5.82 Å². The van der Waals surface area contributed by atoms with Gasteiger partial charge in [0.2, 0.25) is 0 Å². The molecule has 0 spiro atoms. The second-order valence-corrected chi connectivity index (χ2v) is 7.37. The second-order valence-electron chi connectivity index (χ2n) is 7.37. The topological polar surface area (TPSA) is 73.4 Å². The van der Waals surface area contributed by atoms with Crippen LogP contribution in [0.5, 0.6) is 0 Å². The largest absolute Gasteiger partial charge is 0.378 e. The highest BCUT2D eigenvalue weighted by atomic mass is 16.2. The Labute approximate surface area is 175 Å². The molecule has 0 aliphatic heterocycles. The molecule has 0 bridgehead atoms. The van der Waals surface area contributed by atoms with Gasteiger partial charge in [-0.3, -0.25) is 4.79 Å². The van der Waals surface area contributed by atoms with E-state index in [4.69, 9.17) is 0 Å². The van der Waals surface area contributed by atoms with Gasteiger partial charge in [-0.1, -0.05) is 30.3 Å². The Hall–Kier alpha value is -3.93. The number of fused-ring (bicyclic) bond motifs is 1. The molecule has 0 radical (unpaired) electrons. The lowest BCUT2D eigenvalue weighted by Gasteiger charge is -2.11. The number of aromatic amines is 1. The van der Waals surface area contributed by atoms with E-state index in [-0.39, 0.29) is 5.91 Å². The summed E-state index contributed by atoms with van der Waals surface area (Å²) in [4.78, 5) is 22.3. The molecule has 30 heavy (non-hydrogen) atoms. The van der Waals surface area contributed by atoms with Crippen LogP contribution in [0.2, 0.25) is 0 Å². The Balaban J connectivity index is 1.42. The van der Waals surface area contributed by atoms with E-state index in [1.165, 1.54) is 5.56 Å². The summed E-state index contributed by atoms with van der Waals surface area (Å²) in [6, 6.07) is 21.3. The number of benzene rings is 3. The van der Waals surface area contributed by atoms with E-state index in [1.54, 1.807) is 18.3 Å². The van der Waals surface area contributed by atoms with Crippen molar-refractivity contribution in [3.63, 3.8) is 0 Å². The van der Waals surface area contributed by atoms with Gasteiger partial charge in [0.15, 0.2) is 0 Å². The van der Waals surface area contributed by atoms with Crippen molar-refractivity contribution < 1.29 is 4.79 Å². The van der Waals surface area contributed by atoms with E-state index in [1.807, 2.05) is 67.5 Å². The van der Waals surface area contributed by atoms with Crippen LogP contribution >= 0.6 is 0 Å². The molecule has 4 rings (SSSR count). The predicted octanol–water partition coefficient (Wildman–Crippen LogP) is 4.37. The van der Waals surface area contributed by atoms with Gasteiger partial charge >= 0.3 is 0 Å². The summed E-state index contributed by atoms with van der Waals surface area (Å²) >= 11 is 0. The van der Waals surface area contributed by atoms with Crippen molar-refractivity contribution in [2.75, 3.05) is 19.0 Å². The molecule has 2 N–H and O–H groups in total. The quantitative estimate of drug-likeness (QED) is 0.388. The van der Waals surface area contributed by atoms with Crippen LogP contribution in [-0.4, -0.2) is 36.2 Å². The van der Waals surface area contributed by atoms with Gasteiger partial charge in [0.25, 0.3) is 5.91 Å². The van der Waals surface area contributed by atoms with E-state index >= 15 is 0 Å². The first kappa shape index (κ1) is 19.4. The molecule has 6 heteroatoms. The molecule has 0 saturated heterocycles. The normalized spacial score (nSPS) is 11.2. The number of nitrogens with one attached hydrogen (secondary N) is 2. The Bertz CT molecular complexity index is 1200. The molecule has 150 valence electrons. The molecule has 1 amide bonds. The van der Waals surface area contributed by atoms with Crippen molar-refractivity contribution in [1.29, 1.82) is 0 Å². The van der Waals surface area contributed by atoms with Crippen molar-refractivity contribution in [2.45, 2.75) is 6.92 Å². The minimum absolute atomic E-state index is 0.261. The van der Waals surface area contributed by atoms with Crippen LogP contribution in [0.3, 0.4) is 0 Å². The number of H-pyrrole nitrogens is 1. The molecule has 0 aliphatic carbocycles. The molecular weight excluding hydrogens is 374 g/mol. The number of carbonyl (C=O) groups is 1. The average Bonchev–Trinajstić information content (AvgIpc) is 3.17. The van der Waals surface area contributed by atoms with Gasteiger partial charge in [-0.2, -0.15) is 5.10 Å². The number of aryl methyl sites for hydroxylation is 1. The summed E-state index contributed by atoms with van der Waals surface area (Å²) in [6.07, 6.45) is 1.63. The number of hydrogen-bond acceptors (Lipinski definition) is 4.